The smallest absolute Gasteiger partial charge is 0.325 e. The van der Waals surface area contributed by atoms with Crippen molar-refractivity contribution in [3.8, 4) is 0 Å². The quantitative estimate of drug-likeness (QED) is 0.879. The van der Waals surface area contributed by atoms with E-state index in [0.29, 0.717) is 10.7 Å². The van der Waals surface area contributed by atoms with E-state index < -0.39 is 11.9 Å². The Hall–Kier alpha value is -2.41. The van der Waals surface area contributed by atoms with Crippen LogP contribution in [0.2, 0.25) is 5.02 Å². The number of amides is 1. The van der Waals surface area contributed by atoms with E-state index in [9.17, 15) is 9.59 Å². The number of nitrogens with zero attached hydrogens (tertiary/aromatic N) is 3. The number of nitrogens with one attached hydrogen (secondary N) is 1. The van der Waals surface area contributed by atoms with E-state index in [0.717, 1.165) is 0 Å². The molecule has 0 bridgehead atoms. The van der Waals surface area contributed by atoms with E-state index in [1.54, 1.807) is 6.07 Å². The molecule has 8 heteroatoms. The van der Waals surface area contributed by atoms with Crippen LogP contribution in [-0.4, -0.2) is 31.7 Å². The molecule has 2 N–H and O–H groups in total. The third-order valence-corrected chi connectivity index (χ3v) is 2.37. The van der Waals surface area contributed by atoms with Gasteiger partial charge in [-0.05, 0) is 12.1 Å². The molecule has 2 rings (SSSR count). The Labute approximate surface area is 112 Å². The molecule has 2 aromatic rings. The van der Waals surface area contributed by atoms with E-state index in [4.69, 9.17) is 16.7 Å². The number of aromatic nitrogens is 3. The van der Waals surface area contributed by atoms with Crippen LogP contribution in [0.25, 0.3) is 0 Å². The largest absolute Gasteiger partial charge is 0.480 e. The second-order valence-electron chi connectivity index (χ2n) is 3.64. The summed E-state index contributed by atoms with van der Waals surface area (Å²) in [6, 6.07) is 3.04. The maximum atomic E-state index is 11.8. The van der Waals surface area contributed by atoms with Crippen molar-refractivity contribution in [3.05, 3.63) is 41.4 Å². The monoisotopic (exact) mass is 280 g/mol. The van der Waals surface area contributed by atoms with Gasteiger partial charge in [0.1, 0.15) is 12.2 Å². The van der Waals surface area contributed by atoms with Crippen LogP contribution in [0.1, 0.15) is 10.5 Å². The second kappa shape index (κ2) is 5.49. The van der Waals surface area contributed by atoms with Gasteiger partial charge in [0, 0.05) is 12.4 Å². The molecule has 0 radical (unpaired) electrons. The minimum Gasteiger partial charge on any atom is -0.480 e. The number of halogens is 1. The molecule has 0 aliphatic heterocycles. The second-order valence-corrected chi connectivity index (χ2v) is 4.07. The number of carbonyl (C=O) groups excluding carboxylic acids is 1. The van der Waals surface area contributed by atoms with Crippen molar-refractivity contribution in [1.29, 1.82) is 0 Å². The molecule has 0 atom stereocenters. The highest BCUT2D eigenvalue weighted by Gasteiger charge is 2.09. The Morgan fingerprint density at radius 2 is 2.16 bits per heavy atom. The molecule has 0 aliphatic carbocycles. The molecule has 0 fully saturated rings. The van der Waals surface area contributed by atoms with Gasteiger partial charge in [-0.1, -0.05) is 11.6 Å². The van der Waals surface area contributed by atoms with Crippen LogP contribution in [-0.2, 0) is 11.3 Å². The Kier molecular flexibility index (Phi) is 3.76. The summed E-state index contributed by atoms with van der Waals surface area (Å²) in [6.45, 7) is -0.269. The molecule has 1 amide bonds. The Bertz CT molecular complexity index is 609. The van der Waals surface area contributed by atoms with E-state index in [2.05, 4.69) is 15.4 Å². The summed E-state index contributed by atoms with van der Waals surface area (Å²) < 4.78 is 1.20. The number of carboxylic acid groups (broad SMARTS) is 1. The van der Waals surface area contributed by atoms with Gasteiger partial charge in [0.15, 0.2) is 0 Å². The van der Waals surface area contributed by atoms with Gasteiger partial charge in [0.05, 0.1) is 16.9 Å². The van der Waals surface area contributed by atoms with Gasteiger partial charge < -0.3 is 10.4 Å². The number of aliphatic carboxylic acids is 1. The average molecular weight is 281 g/mol. The van der Waals surface area contributed by atoms with Crippen LogP contribution in [0.4, 0.5) is 5.69 Å². The lowest BCUT2D eigenvalue weighted by molar-refractivity contribution is -0.137. The molecule has 98 valence electrons. The average Bonchev–Trinajstić information content (AvgIpc) is 2.76. The van der Waals surface area contributed by atoms with Crippen LogP contribution in [0.3, 0.4) is 0 Å². The summed E-state index contributed by atoms with van der Waals surface area (Å²) in [4.78, 5) is 26.1. The minimum atomic E-state index is -1.01. The highest BCUT2D eigenvalue weighted by atomic mass is 35.5. The van der Waals surface area contributed by atoms with Gasteiger partial charge in [-0.3, -0.25) is 14.3 Å². The fourth-order valence-electron chi connectivity index (χ4n) is 1.36. The van der Waals surface area contributed by atoms with E-state index in [-0.39, 0.29) is 12.2 Å². The molecule has 0 aliphatic rings. The first-order valence-corrected chi connectivity index (χ1v) is 5.59. The summed E-state index contributed by atoms with van der Waals surface area (Å²) in [5, 5.41) is 15.4. The SMILES string of the molecule is O=C(O)Cn1cc(NC(=O)c2ccc(Cl)cn2)cn1. The van der Waals surface area contributed by atoms with Gasteiger partial charge in [0.2, 0.25) is 0 Å². The van der Waals surface area contributed by atoms with Crippen molar-refractivity contribution in [2.24, 2.45) is 0 Å². The Balaban J connectivity index is 2.04. The number of anilines is 1. The van der Waals surface area contributed by atoms with E-state index >= 15 is 0 Å². The van der Waals surface area contributed by atoms with Gasteiger partial charge >= 0.3 is 5.97 Å². The third-order valence-electron chi connectivity index (χ3n) is 2.15. The lowest BCUT2D eigenvalue weighted by atomic mass is 10.3. The number of carboxylic acids is 1. The number of carbonyl (C=O) groups is 2. The fraction of sp³-hybridized carbons (Fsp3) is 0.0909. The summed E-state index contributed by atoms with van der Waals surface area (Å²) in [5.74, 6) is -1.44. The highest BCUT2D eigenvalue weighted by Crippen LogP contribution is 2.09. The van der Waals surface area contributed by atoms with E-state index in [1.165, 1.54) is 29.3 Å². The number of hydrogen-bond acceptors (Lipinski definition) is 4. The number of rotatable bonds is 4. The molecule has 0 saturated heterocycles. The van der Waals surface area contributed by atoms with Crippen LogP contribution in [0.15, 0.2) is 30.7 Å². The number of hydrogen-bond donors (Lipinski definition) is 2. The van der Waals surface area contributed by atoms with Crippen LogP contribution in [0.5, 0.6) is 0 Å². The molecular formula is C11H9ClN4O3. The predicted molar refractivity (Wildman–Crippen MR) is 67.1 cm³/mol. The van der Waals surface area contributed by atoms with Crippen molar-refractivity contribution in [3.63, 3.8) is 0 Å². The normalized spacial score (nSPS) is 10.2. The van der Waals surface area contributed by atoms with Gasteiger partial charge in [0.25, 0.3) is 5.91 Å². The first-order valence-electron chi connectivity index (χ1n) is 5.22. The van der Waals surface area contributed by atoms with Crippen LogP contribution >= 0.6 is 11.6 Å². The summed E-state index contributed by atoms with van der Waals surface area (Å²) >= 11 is 5.67. The van der Waals surface area contributed by atoms with Crippen molar-refractivity contribution in [2.75, 3.05) is 5.32 Å². The van der Waals surface area contributed by atoms with Crippen molar-refractivity contribution in [2.45, 2.75) is 6.54 Å². The predicted octanol–water partition coefficient (Wildman–Crippen LogP) is 1.27. The zero-order valence-electron chi connectivity index (χ0n) is 9.58. The summed E-state index contributed by atoms with van der Waals surface area (Å²) in [6.07, 6.45) is 4.14. The van der Waals surface area contributed by atoms with Crippen molar-refractivity contribution in [1.82, 2.24) is 14.8 Å². The molecule has 2 heterocycles. The minimum absolute atomic E-state index is 0.204. The third kappa shape index (κ3) is 3.52. The van der Waals surface area contributed by atoms with E-state index in [1.807, 2.05) is 0 Å². The van der Waals surface area contributed by atoms with Gasteiger partial charge in [-0.2, -0.15) is 5.10 Å². The standard InChI is InChI=1S/C11H9ClN4O3/c12-7-1-2-9(13-3-7)11(19)15-8-4-14-16(5-8)6-10(17)18/h1-5H,6H2,(H,15,19)(H,17,18). The Morgan fingerprint density at radius 3 is 2.79 bits per heavy atom. The lowest BCUT2D eigenvalue weighted by Gasteiger charge is -2.01. The molecule has 19 heavy (non-hydrogen) atoms. The lowest BCUT2D eigenvalue weighted by Crippen LogP contribution is -2.13. The first-order chi connectivity index (χ1) is 9.04. The maximum Gasteiger partial charge on any atom is 0.325 e. The van der Waals surface area contributed by atoms with Crippen LogP contribution < -0.4 is 5.32 Å². The maximum absolute atomic E-state index is 11.8. The summed E-state index contributed by atoms with van der Waals surface area (Å²) in [7, 11) is 0. The molecule has 0 aromatic carbocycles. The topological polar surface area (TPSA) is 97.1 Å². The van der Waals surface area contributed by atoms with Crippen LogP contribution in [0, 0.1) is 0 Å². The highest BCUT2D eigenvalue weighted by molar-refractivity contribution is 6.30. The van der Waals surface area contributed by atoms with Crippen molar-refractivity contribution < 1.29 is 14.7 Å². The molecule has 0 unspecified atom stereocenters. The summed E-state index contributed by atoms with van der Waals surface area (Å²) in [5.41, 5.74) is 0.596. The zero-order chi connectivity index (χ0) is 13.8. The van der Waals surface area contributed by atoms with Crippen molar-refractivity contribution >= 4 is 29.2 Å². The fourth-order valence-corrected chi connectivity index (χ4v) is 1.47. The zero-order valence-corrected chi connectivity index (χ0v) is 10.3. The molecule has 7 nitrogen and oxygen atoms in total. The number of pyridine rings is 1. The first kappa shape index (κ1) is 13.0. The molecule has 0 saturated carbocycles. The van der Waals surface area contributed by atoms with Gasteiger partial charge in [-0.25, -0.2) is 4.98 Å². The molecular weight excluding hydrogens is 272 g/mol. The molecule has 0 spiro atoms. The Morgan fingerprint density at radius 1 is 1.37 bits per heavy atom. The van der Waals surface area contributed by atoms with Gasteiger partial charge in [-0.15, -0.1) is 0 Å². The molecule has 2 aromatic heterocycles.